The van der Waals surface area contributed by atoms with Crippen molar-refractivity contribution in [1.29, 1.82) is 0 Å². The monoisotopic (exact) mass is 151 g/mol. The number of hydrogen-bond acceptors (Lipinski definition) is 2. The fourth-order valence-corrected chi connectivity index (χ4v) is 3.08. The van der Waals surface area contributed by atoms with Crippen LogP contribution in [0, 0.1) is 11.8 Å². The van der Waals surface area contributed by atoms with Crippen molar-refractivity contribution in [1.82, 2.24) is 4.90 Å². The lowest BCUT2D eigenvalue weighted by molar-refractivity contribution is -0.135. The first-order valence-corrected chi connectivity index (χ1v) is 4.63. The first-order chi connectivity index (χ1) is 5.36. The van der Waals surface area contributed by atoms with Crippen molar-refractivity contribution >= 4 is 5.78 Å². The summed E-state index contributed by atoms with van der Waals surface area (Å²) in [6.07, 6.45) is 3.39. The second-order valence-electron chi connectivity index (χ2n) is 4.13. The molecule has 3 rings (SSSR count). The molecule has 0 N–H and O–H groups in total. The topological polar surface area (TPSA) is 20.3 Å². The van der Waals surface area contributed by atoms with Crippen LogP contribution in [0.2, 0.25) is 0 Å². The lowest BCUT2D eigenvalue weighted by atomic mass is 9.66. The molecule has 60 valence electrons. The van der Waals surface area contributed by atoms with Gasteiger partial charge in [-0.2, -0.15) is 0 Å². The smallest absolute Gasteiger partial charge is 0.138 e. The third-order valence-corrected chi connectivity index (χ3v) is 3.72. The van der Waals surface area contributed by atoms with E-state index in [1.165, 1.54) is 19.4 Å². The minimum Gasteiger partial charge on any atom is -0.299 e. The lowest BCUT2D eigenvalue weighted by Gasteiger charge is -2.46. The number of carbonyl (C=O) groups is 1. The summed E-state index contributed by atoms with van der Waals surface area (Å²) in [4.78, 5) is 13.9. The van der Waals surface area contributed by atoms with Crippen LogP contribution >= 0.6 is 0 Å². The maximum Gasteiger partial charge on any atom is 0.138 e. The van der Waals surface area contributed by atoms with E-state index in [9.17, 15) is 4.79 Å². The summed E-state index contributed by atoms with van der Waals surface area (Å²) in [7, 11) is 0. The number of Topliss-reactive ketones (excluding diaryl/α,β-unsaturated/α-hetero) is 1. The fourth-order valence-electron chi connectivity index (χ4n) is 3.08. The first kappa shape index (κ1) is 6.18. The predicted molar refractivity (Wildman–Crippen MR) is 41.2 cm³/mol. The molecule has 0 spiro atoms. The number of carbonyl (C=O) groups excluding carboxylic acids is 1. The molecule has 0 radical (unpaired) electrons. The minimum absolute atomic E-state index is 0.455. The highest BCUT2D eigenvalue weighted by Crippen LogP contribution is 2.47. The third-order valence-electron chi connectivity index (χ3n) is 3.72. The third kappa shape index (κ3) is 0.639. The summed E-state index contributed by atoms with van der Waals surface area (Å²) >= 11 is 0. The van der Waals surface area contributed by atoms with E-state index in [0.717, 1.165) is 18.9 Å². The van der Waals surface area contributed by atoms with Crippen LogP contribution in [-0.4, -0.2) is 29.8 Å². The summed E-state index contributed by atoms with van der Waals surface area (Å²) in [5, 5.41) is 0. The van der Waals surface area contributed by atoms with Gasteiger partial charge in [0.05, 0.1) is 0 Å². The second-order valence-corrected chi connectivity index (χ2v) is 4.13. The van der Waals surface area contributed by atoms with Crippen molar-refractivity contribution in [3.63, 3.8) is 0 Å². The highest BCUT2D eigenvalue weighted by atomic mass is 16.1. The molecule has 0 aromatic carbocycles. The van der Waals surface area contributed by atoms with E-state index in [0.29, 0.717) is 17.7 Å². The molecule has 3 atom stereocenters. The average molecular weight is 151 g/mol. The Hall–Kier alpha value is -0.370. The Morgan fingerprint density at radius 1 is 1.36 bits per heavy atom. The van der Waals surface area contributed by atoms with Gasteiger partial charge < -0.3 is 0 Å². The fraction of sp³-hybridized carbons (Fsp3) is 0.889. The number of nitrogens with zero attached hydrogens (tertiary/aromatic N) is 1. The van der Waals surface area contributed by atoms with Gasteiger partial charge >= 0.3 is 0 Å². The Morgan fingerprint density at radius 3 is 3.18 bits per heavy atom. The molecule has 2 nitrogen and oxygen atoms in total. The molecule has 3 unspecified atom stereocenters. The molecule has 0 amide bonds. The van der Waals surface area contributed by atoms with Gasteiger partial charge in [-0.3, -0.25) is 9.69 Å². The van der Waals surface area contributed by atoms with Crippen LogP contribution in [0.5, 0.6) is 0 Å². The molecule has 0 aromatic rings. The highest BCUT2D eigenvalue weighted by Gasteiger charge is 2.53. The number of ketones is 1. The van der Waals surface area contributed by atoms with Gasteiger partial charge in [-0.15, -0.1) is 0 Å². The molecule has 1 aliphatic carbocycles. The van der Waals surface area contributed by atoms with Crippen LogP contribution in [0.1, 0.15) is 19.3 Å². The molecule has 2 heterocycles. The van der Waals surface area contributed by atoms with E-state index in [1.54, 1.807) is 0 Å². The summed E-state index contributed by atoms with van der Waals surface area (Å²) in [5.74, 6) is 1.89. The maximum absolute atomic E-state index is 11.3. The van der Waals surface area contributed by atoms with Crippen molar-refractivity contribution in [3.05, 3.63) is 0 Å². The molecular formula is C9H13NO. The van der Waals surface area contributed by atoms with E-state index < -0.39 is 0 Å². The van der Waals surface area contributed by atoms with Gasteiger partial charge in [0, 0.05) is 24.9 Å². The number of piperidine rings is 1. The van der Waals surface area contributed by atoms with Gasteiger partial charge in [0.25, 0.3) is 0 Å². The van der Waals surface area contributed by atoms with Gasteiger partial charge in [0.2, 0.25) is 0 Å². The lowest BCUT2D eigenvalue weighted by Crippen LogP contribution is -2.55. The Balaban J connectivity index is 1.90. The average Bonchev–Trinajstić information content (AvgIpc) is 2.27. The standard InChI is InChI=1S/C9H13NO/c11-8-2-4-10-3-1-6-5-7(8)9(6)10/h6-7,9H,1-5H2. The van der Waals surface area contributed by atoms with E-state index >= 15 is 0 Å². The SMILES string of the molecule is O=C1CCN2CCC3CC1C32. The Labute approximate surface area is 66.6 Å². The van der Waals surface area contributed by atoms with E-state index in [2.05, 4.69) is 4.90 Å². The van der Waals surface area contributed by atoms with Crippen LogP contribution in [0.25, 0.3) is 0 Å². The van der Waals surface area contributed by atoms with Crippen molar-refractivity contribution in [2.75, 3.05) is 13.1 Å². The molecule has 0 bridgehead atoms. The van der Waals surface area contributed by atoms with E-state index in [1.807, 2.05) is 0 Å². The van der Waals surface area contributed by atoms with E-state index in [4.69, 9.17) is 0 Å². The summed E-state index contributed by atoms with van der Waals surface area (Å²) in [6.45, 7) is 2.32. The second kappa shape index (κ2) is 1.86. The van der Waals surface area contributed by atoms with Crippen LogP contribution in [0.15, 0.2) is 0 Å². The first-order valence-electron chi connectivity index (χ1n) is 4.63. The van der Waals surface area contributed by atoms with Gasteiger partial charge in [-0.05, 0) is 25.3 Å². The van der Waals surface area contributed by atoms with Crippen LogP contribution in [-0.2, 0) is 4.79 Å². The molecule has 1 saturated carbocycles. The summed E-state index contributed by atoms with van der Waals surface area (Å²) in [6, 6.07) is 0.691. The maximum atomic E-state index is 11.3. The van der Waals surface area contributed by atoms with Crippen LogP contribution in [0.3, 0.4) is 0 Å². The molecule has 2 heteroatoms. The molecule has 2 aliphatic heterocycles. The quantitative estimate of drug-likeness (QED) is 0.507. The zero-order valence-electron chi connectivity index (χ0n) is 6.62. The zero-order valence-corrected chi connectivity index (χ0v) is 6.62. The van der Waals surface area contributed by atoms with Gasteiger partial charge in [-0.25, -0.2) is 0 Å². The molecule has 3 fully saturated rings. The van der Waals surface area contributed by atoms with Crippen molar-refractivity contribution in [2.45, 2.75) is 25.3 Å². The Bertz CT molecular complexity index is 214. The summed E-state index contributed by atoms with van der Waals surface area (Å²) in [5.41, 5.74) is 0. The molecule has 2 saturated heterocycles. The Morgan fingerprint density at radius 2 is 2.27 bits per heavy atom. The number of hydrogen-bond donors (Lipinski definition) is 0. The van der Waals surface area contributed by atoms with Crippen molar-refractivity contribution in [2.24, 2.45) is 11.8 Å². The minimum atomic E-state index is 0.455. The van der Waals surface area contributed by atoms with Crippen molar-refractivity contribution in [3.8, 4) is 0 Å². The van der Waals surface area contributed by atoms with Crippen LogP contribution < -0.4 is 0 Å². The van der Waals surface area contributed by atoms with Crippen LogP contribution in [0.4, 0.5) is 0 Å². The molecule has 3 aliphatic rings. The summed E-state index contributed by atoms with van der Waals surface area (Å²) < 4.78 is 0. The normalized spacial score (nSPS) is 48.7. The van der Waals surface area contributed by atoms with Gasteiger partial charge in [0.15, 0.2) is 0 Å². The molecule has 0 aromatic heterocycles. The van der Waals surface area contributed by atoms with Gasteiger partial charge in [0.1, 0.15) is 5.78 Å². The van der Waals surface area contributed by atoms with E-state index in [-0.39, 0.29) is 0 Å². The highest BCUT2D eigenvalue weighted by molar-refractivity contribution is 5.84. The van der Waals surface area contributed by atoms with Crippen molar-refractivity contribution < 1.29 is 4.79 Å². The molecule has 11 heavy (non-hydrogen) atoms. The zero-order chi connectivity index (χ0) is 7.42. The largest absolute Gasteiger partial charge is 0.299 e. The Kier molecular flexibility index (Phi) is 1.05. The number of rotatable bonds is 0. The predicted octanol–water partition coefficient (Wildman–Crippen LogP) is 0.670. The molecular weight excluding hydrogens is 138 g/mol. The van der Waals surface area contributed by atoms with Gasteiger partial charge in [-0.1, -0.05) is 0 Å².